The number of fused-ring (bicyclic) bond motifs is 1. The van der Waals surface area contributed by atoms with Crippen molar-refractivity contribution in [2.75, 3.05) is 0 Å². The molecule has 1 aromatic carbocycles. The van der Waals surface area contributed by atoms with E-state index in [-0.39, 0.29) is 11.9 Å². The van der Waals surface area contributed by atoms with Gasteiger partial charge >= 0.3 is 0 Å². The molecule has 0 radical (unpaired) electrons. The molecule has 4 heteroatoms. The zero-order chi connectivity index (χ0) is 11.8. The van der Waals surface area contributed by atoms with Gasteiger partial charge in [0.2, 0.25) is 0 Å². The van der Waals surface area contributed by atoms with Crippen molar-refractivity contribution in [3.63, 3.8) is 0 Å². The van der Waals surface area contributed by atoms with E-state index in [0.29, 0.717) is 0 Å². The second-order valence-electron chi connectivity index (χ2n) is 4.44. The highest BCUT2D eigenvalue weighted by molar-refractivity contribution is 5.63. The Morgan fingerprint density at radius 1 is 1.29 bits per heavy atom. The summed E-state index contributed by atoms with van der Waals surface area (Å²) in [4.78, 5) is 0. The second kappa shape index (κ2) is 3.96. The van der Waals surface area contributed by atoms with E-state index in [2.05, 4.69) is 5.16 Å². The van der Waals surface area contributed by atoms with Gasteiger partial charge in [0.25, 0.3) is 0 Å². The Morgan fingerprint density at radius 3 is 2.82 bits per heavy atom. The molecule has 1 aliphatic rings. The van der Waals surface area contributed by atoms with E-state index in [4.69, 9.17) is 10.3 Å². The van der Waals surface area contributed by atoms with E-state index in [1.54, 1.807) is 12.1 Å². The first-order valence-corrected chi connectivity index (χ1v) is 5.73. The van der Waals surface area contributed by atoms with E-state index in [0.717, 1.165) is 41.8 Å². The molecule has 1 aromatic heterocycles. The molecule has 0 unspecified atom stereocenters. The number of rotatable bonds is 1. The van der Waals surface area contributed by atoms with Crippen LogP contribution in [0.2, 0.25) is 0 Å². The van der Waals surface area contributed by atoms with Crippen LogP contribution in [0, 0.1) is 5.82 Å². The van der Waals surface area contributed by atoms with Gasteiger partial charge in [0, 0.05) is 23.6 Å². The van der Waals surface area contributed by atoms with Crippen molar-refractivity contribution >= 4 is 0 Å². The minimum Gasteiger partial charge on any atom is -0.360 e. The number of nitrogens with two attached hydrogens (primary N) is 1. The first-order valence-electron chi connectivity index (χ1n) is 5.73. The lowest BCUT2D eigenvalue weighted by molar-refractivity contribution is 0.367. The normalized spacial score (nSPS) is 19.1. The van der Waals surface area contributed by atoms with Gasteiger partial charge in [-0.1, -0.05) is 5.16 Å². The van der Waals surface area contributed by atoms with E-state index in [1.807, 2.05) is 0 Å². The summed E-state index contributed by atoms with van der Waals surface area (Å²) in [5, 5.41) is 4.08. The molecule has 0 aliphatic heterocycles. The van der Waals surface area contributed by atoms with Crippen molar-refractivity contribution in [1.82, 2.24) is 5.16 Å². The van der Waals surface area contributed by atoms with Crippen LogP contribution < -0.4 is 5.73 Å². The molecule has 0 saturated heterocycles. The summed E-state index contributed by atoms with van der Waals surface area (Å²) in [6, 6.07) is 6.46. The first-order chi connectivity index (χ1) is 8.24. The summed E-state index contributed by atoms with van der Waals surface area (Å²) in [6.45, 7) is 0. The first kappa shape index (κ1) is 10.5. The van der Waals surface area contributed by atoms with Crippen molar-refractivity contribution < 1.29 is 8.91 Å². The fraction of sp³-hybridized carbons (Fsp3) is 0.308. The van der Waals surface area contributed by atoms with E-state index < -0.39 is 0 Å². The minimum absolute atomic E-state index is 0.168. The van der Waals surface area contributed by atoms with Crippen molar-refractivity contribution in [2.45, 2.75) is 25.3 Å². The molecule has 0 bridgehead atoms. The third-order valence-corrected chi connectivity index (χ3v) is 3.20. The molecule has 2 N–H and O–H groups in total. The zero-order valence-corrected chi connectivity index (χ0v) is 9.32. The van der Waals surface area contributed by atoms with Gasteiger partial charge in [0.1, 0.15) is 17.3 Å². The molecule has 3 nitrogen and oxygen atoms in total. The number of nitrogens with zero attached hydrogens (tertiary/aromatic N) is 1. The molecule has 17 heavy (non-hydrogen) atoms. The molecule has 0 fully saturated rings. The fourth-order valence-corrected chi connectivity index (χ4v) is 2.27. The predicted octanol–water partition coefficient (Wildman–Crippen LogP) is 2.30. The highest BCUT2D eigenvalue weighted by Gasteiger charge is 2.24. The highest BCUT2D eigenvalue weighted by Crippen LogP contribution is 2.30. The second-order valence-corrected chi connectivity index (χ2v) is 4.44. The molecule has 1 atom stereocenters. The summed E-state index contributed by atoms with van der Waals surface area (Å²) in [6.07, 6.45) is 2.56. The van der Waals surface area contributed by atoms with E-state index in [9.17, 15) is 4.39 Å². The number of aromatic nitrogens is 1. The SMILES string of the molecule is N[C@H]1CCc2onc(-c3ccc(F)cc3)c2C1. The van der Waals surface area contributed by atoms with Crippen LogP contribution in [0.3, 0.4) is 0 Å². The lowest BCUT2D eigenvalue weighted by atomic mass is 9.91. The predicted molar refractivity (Wildman–Crippen MR) is 61.9 cm³/mol. The molecule has 1 heterocycles. The minimum atomic E-state index is -0.247. The summed E-state index contributed by atoms with van der Waals surface area (Å²) in [7, 11) is 0. The lowest BCUT2D eigenvalue weighted by Crippen LogP contribution is -2.27. The lowest BCUT2D eigenvalue weighted by Gasteiger charge is -2.16. The Bertz CT molecular complexity index is 533. The van der Waals surface area contributed by atoms with Gasteiger partial charge in [-0.3, -0.25) is 0 Å². The smallest absolute Gasteiger partial charge is 0.140 e. The van der Waals surface area contributed by atoms with Crippen LogP contribution in [0.15, 0.2) is 28.8 Å². The summed E-state index contributed by atoms with van der Waals surface area (Å²) in [5.41, 5.74) is 8.71. The van der Waals surface area contributed by atoms with Crippen molar-refractivity contribution in [3.05, 3.63) is 41.4 Å². The van der Waals surface area contributed by atoms with Gasteiger partial charge in [0.15, 0.2) is 0 Å². The highest BCUT2D eigenvalue weighted by atomic mass is 19.1. The maximum absolute atomic E-state index is 12.9. The number of aryl methyl sites for hydroxylation is 1. The average Bonchev–Trinajstić information content (AvgIpc) is 2.73. The summed E-state index contributed by atoms with van der Waals surface area (Å²) in [5.74, 6) is 0.675. The number of hydrogen-bond donors (Lipinski definition) is 1. The van der Waals surface area contributed by atoms with Crippen LogP contribution in [0.4, 0.5) is 4.39 Å². The van der Waals surface area contributed by atoms with Crippen molar-refractivity contribution in [2.24, 2.45) is 5.73 Å². The number of benzene rings is 1. The zero-order valence-electron chi connectivity index (χ0n) is 9.32. The van der Waals surface area contributed by atoms with Gasteiger partial charge in [0.05, 0.1) is 0 Å². The molecule has 0 saturated carbocycles. The van der Waals surface area contributed by atoms with Gasteiger partial charge < -0.3 is 10.3 Å². The van der Waals surface area contributed by atoms with Gasteiger partial charge in [-0.05, 0) is 37.1 Å². The van der Waals surface area contributed by atoms with Gasteiger partial charge in [-0.2, -0.15) is 0 Å². The molecule has 3 rings (SSSR count). The maximum Gasteiger partial charge on any atom is 0.140 e. The Hall–Kier alpha value is -1.68. The van der Waals surface area contributed by atoms with Crippen LogP contribution >= 0.6 is 0 Å². The van der Waals surface area contributed by atoms with Crippen LogP contribution in [0.5, 0.6) is 0 Å². The van der Waals surface area contributed by atoms with Crippen LogP contribution in [0.25, 0.3) is 11.3 Å². The van der Waals surface area contributed by atoms with Crippen LogP contribution in [0.1, 0.15) is 17.7 Å². The molecular formula is C13H13FN2O. The van der Waals surface area contributed by atoms with Gasteiger partial charge in [-0.25, -0.2) is 4.39 Å². The average molecular weight is 232 g/mol. The molecule has 0 spiro atoms. The van der Waals surface area contributed by atoms with E-state index >= 15 is 0 Å². The molecule has 88 valence electrons. The number of halogens is 1. The quantitative estimate of drug-likeness (QED) is 0.820. The monoisotopic (exact) mass is 232 g/mol. The third kappa shape index (κ3) is 1.85. The Balaban J connectivity index is 2.04. The largest absolute Gasteiger partial charge is 0.360 e. The van der Waals surface area contributed by atoms with Crippen molar-refractivity contribution in [3.8, 4) is 11.3 Å². The molecule has 0 amide bonds. The number of hydrogen-bond acceptors (Lipinski definition) is 3. The van der Waals surface area contributed by atoms with Crippen LogP contribution in [-0.4, -0.2) is 11.2 Å². The van der Waals surface area contributed by atoms with E-state index in [1.165, 1.54) is 12.1 Å². The Labute approximate surface area is 98.4 Å². The van der Waals surface area contributed by atoms with Crippen LogP contribution in [-0.2, 0) is 12.8 Å². The topological polar surface area (TPSA) is 52.0 Å². The molecular weight excluding hydrogens is 219 g/mol. The summed E-state index contributed by atoms with van der Waals surface area (Å²) < 4.78 is 18.2. The Morgan fingerprint density at radius 2 is 2.06 bits per heavy atom. The molecule has 2 aromatic rings. The standard InChI is InChI=1S/C13H13FN2O/c14-9-3-1-8(2-4-9)13-11-7-10(15)5-6-12(11)17-16-13/h1-4,10H,5-7,15H2/t10-/m0/s1. The Kier molecular flexibility index (Phi) is 2.44. The fourth-order valence-electron chi connectivity index (χ4n) is 2.27. The van der Waals surface area contributed by atoms with Crippen molar-refractivity contribution in [1.29, 1.82) is 0 Å². The third-order valence-electron chi connectivity index (χ3n) is 3.20. The van der Waals surface area contributed by atoms with Gasteiger partial charge in [-0.15, -0.1) is 0 Å². The maximum atomic E-state index is 12.9. The molecule has 1 aliphatic carbocycles. The summed E-state index contributed by atoms with van der Waals surface area (Å²) >= 11 is 0.